The van der Waals surface area contributed by atoms with Gasteiger partial charge in [-0.2, -0.15) is 0 Å². The molecule has 8 heteroatoms. The number of halogens is 3. The van der Waals surface area contributed by atoms with E-state index in [9.17, 15) is 10.1 Å². The van der Waals surface area contributed by atoms with Crippen molar-refractivity contribution in [2.24, 2.45) is 0 Å². The van der Waals surface area contributed by atoms with Crippen LogP contribution in [0.5, 0.6) is 5.75 Å². The first-order valence-corrected chi connectivity index (χ1v) is 6.90. The minimum atomic E-state index is -0.512. The zero-order valence-electron chi connectivity index (χ0n) is 9.85. The van der Waals surface area contributed by atoms with Gasteiger partial charge in [-0.25, -0.2) is 4.98 Å². The Morgan fingerprint density at radius 2 is 2.05 bits per heavy atom. The number of hydrogen-bond acceptors (Lipinski definition) is 4. The van der Waals surface area contributed by atoms with E-state index in [1.54, 1.807) is 24.3 Å². The van der Waals surface area contributed by atoms with Crippen LogP contribution in [0.25, 0.3) is 0 Å². The predicted molar refractivity (Wildman–Crippen MR) is 79.4 cm³/mol. The third-order valence-corrected chi connectivity index (χ3v) is 3.57. The largest absolute Gasteiger partial charge is 0.481 e. The molecule has 0 fully saturated rings. The molecule has 0 bridgehead atoms. The maximum absolute atomic E-state index is 10.9. The van der Waals surface area contributed by atoms with Gasteiger partial charge in [0.2, 0.25) is 5.75 Å². The van der Waals surface area contributed by atoms with Gasteiger partial charge >= 0.3 is 5.69 Å². The monoisotopic (exact) mass is 376 g/mol. The number of pyridine rings is 1. The molecule has 0 atom stereocenters. The van der Waals surface area contributed by atoms with Crippen LogP contribution < -0.4 is 4.74 Å². The number of hydrogen-bond donors (Lipinski definition) is 0. The Labute approximate surface area is 132 Å². The third kappa shape index (κ3) is 3.39. The number of aromatic nitrogens is 1. The van der Waals surface area contributed by atoms with Gasteiger partial charge in [0.05, 0.1) is 9.40 Å². The second kappa shape index (κ2) is 6.39. The minimum absolute atomic E-state index is 0.0481. The first-order valence-electron chi connectivity index (χ1n) is 5.35. The van der Waals surface area contributed by atoms with E-state index in [4.69, 9.17) is 27.9 Å². The first-order chi connectivity index (χ1) is 9.49. The van der Waals surface area contributed by atoms with Crippen LogP contribution in [0.1, 0.15) is 5.56 Å². The lowest BCUT2D eigenvalue weighted by Crippen LogP contribution is -2.01. The smallest absolute Gasteiger partial charge is 0.312 e. The Morgan fingerprint density at radius 1 is 1.30 bits per heavy atom. The van der Waals surface area contributed by atoms with Crippen LogP contribution in [-0.4, -0.2) is 9.91 Å². The van der Waals surface area contributed by atoms with Gasteiger partial charge in [-0.1, -0.05) is 29.3 Å². The molecule has 2 rings (SSSR count). The van der Waals surface area contributed by atoms with E-state index in [0.717, 1.165) is 0 Å². The van der Waals surface area contributed by atoms with Crippen molar-refractivity contribution in [3.63, 3.8) is 0 Å². The number of rotatable bonds is 4. The molecule has 0 saturated carbocycles. The molecule has 104 valence electrons. The molecule has 0 saturated heterocycles. The van der Waals surface area contributed by atoms with Crippen molar-refractivity contribution in [1.29, 1.82) is 0 Å². The Balaban J connectivity index is 2.25. The highest BCUT2D eigenvalue weighted by molar-refractivity contribution is 9.10. The molecule has 0 unspecified atom stereocenters. The van der Waals surface area contributed by atoms with Gasteiger partial charge in [-0.15, -0.1) is 0 Å². The summed E-state index contributed by atoms with van der Waals surface area (Å²) in [5.41, 5.74) is 0.457. The molecule has 0 aliphatic carbocycles. The summed E-state index contributed by atoms with van der Waals surface area (Å²) < 4.78 is 5.97. The molecule has 0 aliphatic heterocycles. The number of para-hydroxylation sites is 1. The molecule has 1 heterocycles. The van der Waals surface area contributed by atoms with Crippen LogP contribution in [0.15, 0.2) is 34.8 Å². The Bertz CT molecular complexity index is 667. The van der Waals surface area contributed by atoms with Gasteiger partial charge in [-0.05, 0) is 34.1 Å². The normalized spacial score (nSPS) is 10.3. The van der Waals surface area contributed by atoms with E-state index >= 15 is 0 Å². The number of nitrogens with zero attached hydrogens (tertiary/aromatic N) is 2. The highest BCUT2D eigenvalue weighted by Crippen LogP contribution is 2.35. The van der Waals surface area contributed by atoms with Crippen molar-refractivity contribution in [2.75, 3.05) is 0 Å². The lowest BCUT2D eigenvalue weighted by Gasteiger charge is -2.09. The van der Waals surface area contributed by atoms with Gasteiger partial charge in [0, 0.05) is 11.6 Å². The summed E-state index contributed by atoms with van der Waals surface area (Å²) in [6.07, 6.45) is 0. The standard InChI is InChI=1S/C12H7BrCl2N2O3/c13-8-2-1-3-9(17(18)19)11(8)20-6-7-4-5-10(14)16-12(7)15/h1-5H,6H2. The highest BCUT2D eigenvalue weighted by Gasteiger charge is 2.18. The van der Waals surface area contributed by atoms with E-state index in [1.807, 2.05) is 0 Å². The Kier molecular flexibility index (Phi) is 4.80. The average Bonchev–Trinajstić information content (AvgIpc) is 2.38. The number of benzene rings is 1. The number of nitro groups is 1. The van der Waals surface area contributed by atoms with Gasteiger partial charge in [-0.3, -0.25) is 10.1 Å². The summed E-state index contributed by atoms with van der Waals surface area (Å²) in [6.45, 7) is 0.0481. The van der Waals surface area contributed by atoms with E-state index in [2.05, 4.69) is 20.9 Å². The van der Waals surface area contributed by atoms with Crippen LogP contribution in [0.4, 0.5) is 5.69 Å². The maximum Gasteiger partial charge on any atom is 0.312 e. The molecular weight excluding hydrogens is 371 g/mol. The summed E-state index contributed by atoms with van der Waals surface area (Å²) in [4.78, 5) is 14.3. The fourth-order valence-electron chi connectivity index (χ4n) is 1.48. The first kappa shape index (κ1) is 15.0. The van der Waals surface area contributed by atoms with Crippen molar-refractivity contribution < 1.29 is 9.66 Å². The van der Waals surface area contributed by atoms with E-state index < -0.39 is 4.92 Å². The highest BCUT2D eigenvalue weighted by atomic mass is 79.9. The second-order valence-electron chi connectivity index (χ2n) is 3.72. The average molecular weight is 378 g/mol. The Hall–Kier alpha value is -1.37. The summed E-state index contributed by atoms with van der Waals surface area (Å²) in [7, 11) is 0. The lowest BCUT2D eigenvalue weighted by molar-refractivity contribution is -0.386. The van der Waals surface area contributed by atoms with Crippen molar-refractivity contribution >= 4 is 44.8 Å². The molecule has 0 aliphatic rings. The SMILES string of the molecule is O=[N+]([O-])c1cccc(Br)c1OCc1ccc(Cl)nc1Cl. The van der Waals surface area contributed by atoms with Crippen LogP contribution in [0.3, 0.4) is 0 Å². The molecule has 0 N–H and O–H groups in total. The number of ether oxygens (including phenoxy) is 1. The summed E-state index contributed by atoms with van der Waals surface area (Å²) >= 11 is 14.8. The van der Waals surface area contributed by atoms with Gasteiger partial charge in [0.25, 0.3) is 0 Å². The fraction of sp³-hybridized carbons (Fsp3) is 0.0833. The molecular formula is C12H7BrCl2N2O3. The van der Waals surface area contributed by atoms with Gasteiger partial charge in [0.15, 0.2) is 0 Å². The van der Waals surface area contributed by atoms with E-state index in [1.165, 1.54) is 6.07 Å². The molecule has 0 amide bonds. The molecule has 1 aromatic carbocycles. The van der Waals surface area contributed by atoms with Crippen LogP contribution >= 0.6 is 39.1 Å². The fourth-order valence-corrected chi connectivity index (χ4v) is 2.35. The second-order valence-corrected chi connectivity index (χ2v) is 5.32. The lowest BCUT2D eigenvalue weighted by atomic mass is 10.3. The van der Waals surface area contributed by atoms with Gasteiger partial charge in [0.1, 0.15) is 16.9 Å². The molecule has 0 radical (unpaired) electrons. The van der Waals surface area contributed by atoms with E-state index in [-0.39, 0.29) is 28.3 Å². The maximum atomic E-state index is 10.9. The Morgan fingerprint density at radius 3 is 2.70 bits per heavy atom. The van der Waals surface area contributed by atoms with Gasteiger partial charge < -0.3 is 4.74 Å². The van der Waals surface area contributed by atoms with Crippen molar-refractivity contribution in [3.05, 3.63) is 60.8 Å². The summed E-state index contributed by atoms with van der Waals surface area (Å²) in [6, 6.07) is 7.80. The van der Waals surface area contributed by atoms with Crippen molar-refractivity contribution in [2.45, 2.75) is 6.61 Å². The van der Waals surface area contributed by atoms with E-state index in [0.29, 0.717) is 10.0 Å². The molecule has 2 aromatic rings. The van der Waals surface area contributed by atoms with Crippen molar-refractivity contribution in [3.8, 4) is 5.75 Å². The summed E-state index contributed by atoms with van der Waals surface area (Å²) in [5.74, 6) is 0.142. The minimum Gasteiger partial charge on any atom is -0.481 e. The quantitative estimate of drug-likeness (QED) is 0.442. The van der Waals surface area contributed by atoms with Crippen LogP contribution in [-0.2, 0) is 6.61 Å². The topological polar surface area (TPSA) is 65.3 Å². The van der Waals surface area contributed by atoms with Crippen LogP contribution in [0, 0.1) is 10.1 Å². The molecule has 0 spiro atoms. The number of nitro benzene ring substituents is 1. The van der Waals surface area contributed by atoms with Crippen molar-refractivity contribution in [1.82, 2.24) is 4.98 Å². The third-order valence-electron chi connectivity index (χ3n) is 2.41. The zero-order chi connectivity index (χ0) is 14.7. The van der Waals surface area contributed by atoms with Crippen LogP contribution in [0.2, 0.25) is 10.3 Å². The molecule has 20 heavy (non-hydrogen) atoms. The zero-order valence-corrected chi connectivity index (χ0v) is 12.9. The molecule has 5 nitrogen and oxygen atoms in total. The summed E-state index contributed by atoms with van der Waals surface area (Å²) in [5, 5.41) is 11.4. The predicted octanol–water partition coefficient (Wildman–Crippen LogP) is 4.64. The molecule has 1 aromatic heterocycles.